The third kappa shape index (κ3) is 3.75. The first-order chi connectivity index (χ1) is 11.4. The summed E-state index contributed by atoms with van der Waals surface area (Å²) in [5, 5.41) is 3.76. The van der Waals surface area contributed by atoms with Gasteiger partial charge in [-0.15, -0.1) is 0 Å². The van der Waals surface area contributed by atoms with E-state index in [1.165, 1.54) is 12.1 Å². The number of fused-ring (bicyclic) bond motifs is 1. The van der Waals surface area contributed by atoms with Crippen molar-refractivity contribution in [2.75, 3.05) is 18.7 Å². The fourth-order valence-electron chi connectivity index (χ4n) is 1.96. The number of rotatable bonds is 4. The molecule has 0 unspecified atom stereocenters. The normalized spacial score (nSPS) is 12.2. The Morgan fingerprint density at radius 3 is 2.38 bits per heavy atom. The summed E-state index contributed by atoms with van der Waals surface area (Å²) in [5.74, 6) is 0.843. The molecular weight excluding hydrogens is 400 g/mol. The summed E-state index contributed by atoms with van der Waals surface area (Å²) in [7, 11) is 0. The molecule has 1 amide bonds. The van der Waals surface area contributed by atoms with Gasteiger partial charge < -0.3 is 19.5 Å². The molecule has 0 saturated carbocycles. The fourth-order valence-corrected chi connectivity index (χ4v) is 2.75. The first kappa shape index (κ1) is 17.3. The lowest BCUT2D eigenvalue weighted by molar-refractivity contribution is -0.118. The summed E-state index contributed by atoms with van der Waals surface area (Å²) < 4.78 is 15.8. The average Bonchev–Trinajstić information content (AvgIpc) is 2.97. The molecule has 0 saturated heterocycles. The van der Waals surface area contributed by atoms with Crippen LogP contribution in [0.3, 0.4) is 0 Å². The zero-order valence-electron chi connectivity index (χ0n) is 11.9. The van der Waals surface area contributed by atoms with Crippen molar-refractivity contribution in [1.82, 2.24) is 0 Å². The maximum atomic E-state index is 12.0. The largest absolute Gasteiger partial charge is 0.482 e. The van der Waals surface area contributed by atoms with Crippen LogP contribution in [-0.2, 0) is 4.79 Å². The van der Waals surface area contributed by atoms with E-state index in [0.717, 1.165) is 0 Å². The van der Waals surface area contributed by atoms with Crippen molar-refractivity contribution >= 4 is 58.0 Å². The van der Waals surface area contributed by atoms with Crippen LogP contribution in [0.5, 0.6) is 17.2 Å². The van der Waals surface area contributed by atoms with Gasteiger partial charge in [-0.3, -0.25) is 4.79 Å². The molecule has 3 rings (SSSR count). The van der Waals surface area contributed by atoms with Gasteiger partial charge in [-0.1, -0.05) is 46.4 Å². The number of hydrogen-bond donors (Lipinski definition) is 1. The summed E-state index contributed by atoms with van der Waals surface area (Å²) in [6.07, 6.45) is 0. The average molecular weight is 409 g/mol. The summed E-state index contributed by atoms with van der Waals surface area (Å²) in [6.45, 7) is -0.176. The van der Waals surface area contributed by atoms with Crippen molar-refractivity contribution in [3.8, 4) is 17.2 Å². The zero-order chi connectivity index (χ0) is 17.3. The number of benzene rings is 2. The highest BCUT2D eigenvalue weighted by atomic mass is 35.5. The molecule has 1 aliphatic rings. The Balaban J connectivity index is 1.65. The first-order valence-electron chi connectivity index (χ1n) is 6.60. The predicted octanol–water partition coefficient (Wildman–Crippen LogP) is 5.05. The molecule has 5 nitrogen and oxygen atoms in total. The zero-order valence-corrected chi connectivity index (χ0v) is 14.9. The second-order valence-electron chi connectivity index (χ2n) is 4.72. The van der Waals surface area contributed by atoms with E-state index in [-0.39, 0.29) is 29.2 Å². The molecule has 1 aliphatic heterocycles. The third-order valence-electron chi connectivity index (χ3n) is 3.07. The van der Waals surface area contributed by atoms with E-state index < -0.39 is 5.91 Å². The number of anilines is 1. The van der Waals surface area contributed by atoms with E-state index in [2.05, 4.69) is 5.32 Å². The lowest BCUT2D eigenvalue weighted by atomic mass is 10.2. The van der Waals surface area contributed by atoms with Crippen LogP contribution in [0.1, 0.15) is 0 Å². The fraction of sp³-hybridized carbons (Fsp3) is 0.133. The molecule has 2 aromatic rings. The molecule has 0 radical (unpaired) electrons. The van der Waals surface area contributed by atoms with Crippen LogP contribution in [0.4, 0.5) is 5.69 Å². The second-order valence-corrected chi connectivity index (χ2v) is 6.35. The Labute approximate surface area is 157 Å². The number of halogens is 4. The molecule has 0 bridgehead atoms. The number of ether oxygens (including phenoxy) is 3. The van der Waals surface area contributed by atoms with Crippen LogP contribution in [0.2, 0.25) is 20.1 Å². The molecule has 0 aliphatic carbocycles. The standard InChI is InChI=1S/C15H9Cl4NO4/c16-7-1-10(19)12(2-8(7)17)22-5-15(21)20-11-4-14-13(3-9(11)18)23-6-24-14/h1-4H,5-6H2,(H,20,21). The summed E-state index contributed by atoms with van der Waals surface area (Å²) >= 11 is 23.8. The van der Waals surface area contributed by atoms with Crippen molar-refractivity contribution in [1.29, 1.82) is 0 Å². The van der Waals surface area contributed by atoms with Crippen LogP contribution in [0.15, 0.2) is 24.3 Å². The van der Waals surface area contributed by atoms with E-state index in [1.807, 2.05) is 0 Å². The maximum Gasteiger partial charge on any atom is 0.262 e. The Morgan fingerprint density at radius 1 is 0.958 bits per heavy atom. The molecule has 0 aromatic heterocycles. The van der Waals surface area contributed by atoms with Gasteiger partial charge in [-0.25, -0.2) is 0 Å². The maximum absolute atomic E-state index is 12.0. The van der Waals surface area contributed by atoms with Gasteiger partial charge >= 0.3 is 0 Å². The molecule has 0 fully saturated rings. The van der Waals surface area contributed by atoms with E-state index in [0.29, 0.717) is 27.2 Å². The molecular formula is C15H9Cl4NO4. The number of amides is 1. The van der Waals surface area contributed by atoms with Crippen molar-refractivity contribution in [2.24, 2.45) is 0 Å². The minimum absolute atomic E-state index is 0.113. The van der Waals surface area contributed by atoms with Crippen molar-refractivity contribution in [3.63, 3.8) is 0 Å². The van der Waals surface area contributed by atoms with Gasteiger partial charge in [0.15, 0.2) is 18.1 Å². The van der Waals surface area contributed by atoms with E-state index in [9.17, 15) is 4.79 Å². The van der Waals surface area contributed by atoms with Crippen molar-refractivity contribution in [2.45, 2.75) is 0 Å². The highest BCUT2D eigenvalue weighted by Gasteiger charge is 2.18. The monoisotopic (exact) mass is 407 g/mol. The molecule has 9 heteroatoms. The SMILES string of the molecule is O=C(COc1cc(Cl)c(Cl)cc1Cl)Nc1cc2c(cc1Cl)OCO2. The Hall–Kier alpha value is -1.53. The van der Waals surface area contributed by atoms with Gasteiger partial charge in [0.05, 0.1) is 25.8 Å². The molecule has 0 spiro atoms. The van der Waals surface area contributed by atoms with Gasteiger partial charge in [0.25, 0.3) is 5.91 Å². The highest BCUT2D eigenvalue weighted by Crippen LogP contribution is 2.39. The molecule has 0 atom stereocenters. The van der Waals surface area contributed by atoms with Gasteiger partial charge in [0, 0.05) is 18.2 Å². The lowest BCUT2D eigenvalue weighted by Gasteiger charge is -2.11. The lowest BCUT2D eigenvalue weighted by Crippen LogP contribution is -2.20. The number of nitrogens with one attached hydrogen (secondary N) is 1. The second kappa shape index (κ2) is 7.15. The topological polar surface area (TPSA) is 56.8 Å². The molecule has 1 heterocycles. The molecule has 24 heavy (non-hydrogen) atoms. The highest BCUT2D eigenvalue weighted by molar-refractivity contribution is 6.43. The van der Waals surface area contributed by atoms with E-state index >= 15 is 0 Å². The predicted molar refractivity (Wildman–Crippen MR) is 93.2 cm³/mol. The number of carbonyl (C=O) groups excluding carboxylic acids is 1. The smallest absolute Gasteiger partial charge is 0.262 e. The molecule has 2 aromatic carbocycles. The quantitative estimate of drug-likeness (QED) is 0.719. The van der Waals surface area contributed by atoms with Gasteiger partial charge in [0.1, 0.15) is 5.75 Å². The Morgan fingerprint density at radius 2 is 1.62 bits per heavy atom. The molecule has 1 N–H and O–H groups in total. The first-order valence-corrected chi connectivity index (χ1v) is 8.11. The van der Waals surface area contributed by atoms with E-state index in [1.54, 1.807) is 12.1 Å². The van der Waals surface area contributed by atoms with Crippen LogP contribution < -0.4 is 19.5 Å². The summed E-state index contributed by atoms with van der Waals surface area (Å²) in [5.41, 5.74) is 0.384. The summed E-state index contributed by atoms with van der Waals surface area (Å²) in [6, 6.07) is 6.02. The van der Waals surface area contributed by atoms with Gasteiger partial charge in [0.2, 0.25) is 6.79 Å². The van der Waals surface area contributed by atoms with E-state index in [4.69, 9.17) is 60.6 Å². The van der Waals surface area contributed by atoms with Gasteiger partial charge in [-0.05, 0) is 6.07 Å². The summed E-state index contributed by atoms with van der Waals surface area (Å²) in [4.78, 5) is 12.0. The van der Waals surface area contributed by atoms with Crippen LogP contribution in [-0.4, -0.2) is 19.3 Å². The van der Waals surface area contributed by atoms with Crippen molar-refractivity contribution < 1.29 is 19.0 Å². The van der Waals surface area contributed by atoms with Crippen molar-refractivity contribution in [3.05, 3.63) is 44.4 Å². The third-order valence-corrected chi connectivity index (χ3v) is 4.40. The Bertz CT molecular complexity index is 813. The van der Waals surface area contributed by atoms with Gasteiger partial charge in [-0.2, -0.15) is 0 Å². The Kier molecular flexibility index (Phi) is 5.15. The van der Waals surface area contributed by atoms with Crippen LogP contribution >= 0.6 is 46.4 Å². The van der Waals surface area contributed by atoms with Crippen LogP contribution in [0, 0.1) is 0 Å². The number of hydrogen-bond acceptors (Lipinski definition) is 4. The number of carbonyl (C=O) groups is 1. The minimum atomic E-state index is -0.432. The molecule has 126 valence electrons. The minimum Gasteiger partial charge on any atom is -0.482 e. The van der Waals surface area contributed by atoms with Crippen LogP contribution in [0.25, 0.3) is 0 Å².